The average Bonchev–Trinajstić information content (AvgIpc) is 3.03. The monoisotopic (exact) mass is 302 g/mol. The molecule has 1 atom stereocenters. The molecule has 8 nitrogen and oxygen atoms in total. The van der Waals surface area contributed by atoms with Crippen LogP contribution in [-0.4, -0.2) is 41.6 Å². The first-order chi connectivity index (χ1) is 10.4. The minimum Gasteiger partial charge on any atom is -0.354 e. The third-order valence-corrected chi connectivity index (χ3v) is 3.29. The second kappa shape index (κ2) is 5.84. The van der Waals surface area contributed by atoms with Crippen LogP contribution in [0.4, 0.5) is 5.69 Å². The molecule has 1 aliphatic heterocycles. The molecule has 22 heavy (non-hydrogen) atoms. The minimum absolute atomic E-state index is 0.249. The molecule has 1 unspecified atom stereocenters. The molecule has 0 aromatic carbocycles. The zero-order chi connectivity index (χ0) is 16.3. The highest BCUT2D eigenvalue weighted by Gasteiger charge is 2.34. The van der Waals surface area contributed by atoms with Crippen molar-refractivity contribution in [3.05, 3.63) is 29.7 Å². The van der Waals surface area contributed by atoms with E-state index < -0.39 is 5.54 Å². The second-order valence-electron chi connectivity index (χ2n) is 4.99. The van der Waals surface area contributed by atoms with Crippen molar-refractivity contribution < 1.29 is 14.4 Å². The minimum atomic E-state index is -1.12. The van der Waals surface area contributed by atoms with Gasteiger partial charge < -0.3 is 20.5 Å². The predicted molar refractivity (Wildman–Crippen MR) is 81.2 cm³/mol. The van der Waals surface area contributed by atoms with E-state index in [2.05, 4.69) is 20.9 Å². The van der Waals surface area contributed by atoms with Crippen molar-refractivity contribution in [2.24, 2.45) is 12.0 Å². The highest BCUT2D eigenvalue weighted by molar-refractivity contribution is 6.04. The van der Waals surface area contributed by atoms with Gasteiger partial charge in [-0.2, -0.15) is 0 Å². The number of hydrogen-bond donors (Lipinski definition) is 3. The molecule has 115 valence electrons. The Morgan fingerprint density at radius 3 is 2.77 bits per heavy atom. The van der Waals surface area contributed by atoms with Gasteiger partial charge in [-0.1, -0.05) is 0 Å². The van der Waals surface area contributed by atoms with Gasteiger partial charge in [0.2, 0.25) is 0 Å². The summed E-state index contributed by atoms with van der Waals surface area (Å²) in [5, 5.41) is 7.55. The normalized spacial score (nSPS) is 19.5. The molecule has 0 fully saturated rings. The fourth-order valence-electron chi connectivity index (χ4n) is 2.08. The molecule has 0 saturated carbocycles. The lowest BCUT2D eigenvalue weighted by molar-refractivity contribution is -0.119. The molecule has 2 heterocycles. The summed E-state index contributed by atoms with van der Waals surface area (Å²) in [6.07, 6.45) is 6.08. The maximum Gasteiger partial charge on any atom is 0.314 e. The molecule has 1 aromatic rings. The number of allylic oxidation sites excluding steroid dienone is 1. The van der Waals surface area contributed by atoms with Gasteiger partial charge >= 0.3 is 6.41 Å². The number of carbonyl (C=O) groups excluding carboxylic acids is 3. The second-order valence-corrected chi connectivity index (χ2v) is 4.99. The Bertz CT molecular complexity index is 689. The molecular formula is C14H16N5O3. The Kier molecular flexibility index (Phi) is 4.11. The van der Waals surface area contributed by atoms with Gasteiger partial charge in [0.25, 0.3) is 11.8 Å². The summed E-state index contributed by atoms with van der Waals surface area (Å²) in [6.45, 7) is 1.61. The summed E-state index contributed by atoms with van der Waals surface area (Å²) >= 11 is 0. The first kappa shape index (κ1) is 15.5. The van der Waals surface area contributed by atoms with E-state index in [1.54, 1.807) is 30.8 Å². The van der Waals surface area contributed by atoms with Crippen molar-refractivity contribution in [1.29, 1.82) is 0 Å². The van der Waals surface area contributed by atoms with Crippen LogP contribution >= 0.6 is 0 Å². The van der Waals surface area contributed by atoms with Crippen molar-refractivity contribution in [3.63, 3.8) is 0 Å². The number of hydrogen-bond acceptors (Lipinski definition) is 4. The lowest BCUT2D eigenvalue weighted by Gasteiger charge is -2.16. The molecule has 1 radical (unpaired) electrons. The van der Waals surface area contributed by atoms with Gasteiger partial charge in [-0.05, 0) is 19.1 Å². The van der Waals surface area contributed by atoms with Crippen LogP contribution in [0.2, 0.25) is 0 Å². The summed E-state index contributed by atoms with van der Waals surface area (Å²) in [7, 11) is 3.24. The van der Waals surface area contributed by atoms with Crippen LogP contribution in [0, 0.1) is 0 Å². The Morgan fingerprint density at radius 1 is 1.41 bits per heavy atom. The summed E-state index contributed by atoms with van der Waals surface area (Å²) in [5.74, 6) is -0.624. The summed E-state index contributed by atoms with van der Waals surface area (Å²) in [5.41, 5.74) is 0.194. The van der Waals surface area contributed by atoms with Gasteiger partial charge in [-0.15, -0.1) is 0 Å². The van der Waals surface area contributed by atoms with Crippen LogP contribution < -0.4 is 16.0 Å². The van der Waals surface area contributed by atoms with E-state index >= 15 is 0 Å². The Hall–Kier alpha value is -2.90. The smallest absolute Gasteiger partial charge is 0.314 e. The maximum atomic E-state index is 12.3. The predicted octanol–water partition coefficient (Wildman–Crippen LogP) is -0.293. The Morgan fingerprint density at radius 2 is 2.14 bits per heavy atom. The molecule has 3 N–H and O–H groups in total. The van der Waals surface area contributed by atoms with Crippen molar-refractivity contribution in [1.82, 2.24) is 15.2 Å². The summed E-state index contributed by atoms with van der Waals surface area (Å²) < 4.78 is 1.61. The van der Waals surface area contributed by atoms with Crippen LogP contribution in [0.3, 0.4) is 0 Å². The molecule has 0 aliphatic carbocycles. The van der Waals surface area contributed by atoms with Gasteiger partial charge in [0.05, 0.1) is 11.4 Å². The fourth-order valence-corrected chi connectivity index (χ4v) is 2.08. The number of nitrogens with zero attached hydrogens (tertiary/aromatic N) is 2. The number of aliphatic imine (C=N–C) groups is 1. The van der Waals surface area contributed by atoms with E-state index in [0.29, 0.717) is 17.1 Å². The van der Waals surface area contributed by atoms with Crippen LogP contribution in [-0.2, 0) is 16.6 Å². The molecule has 2 rings (SSSR count). The van der Waals surface area contributed by atoms with Crippen LogP contribution in [0.25, 0.3) is 0 Å². The van der Waals surface area contributed by atoms with Crippen molar-refractivity contribution >= 4 is 30.1 Å². The van der Waals surface area contributed by atoms with E-state index in [0.717, 1.165) is 0 Å². The Labute approximate surface area is 127 Å². The molecule has 8 heteroatoms. The molecule has 0 saturated heterocycles. The molecular weight excluding hydrogens is 286 g/mol. The topological polar surface area (TPSA) is 105 Å². The largest absolute Gasteiger partial charge is 0.354 e. The number of carbonyl (C=O) groups is 2. The number of aromatic nitrogens is 1. The van der Waals surface area contributed by atoms with Gasteiger partial charge in [0.15, 0.2) is 5.54 Å². The number of anilines is 1. The number of amides is 3. The summed E-state index contributed by atoms with van der Waals surface area (Å²) in [6, 6.07) is 1.57. The van der Waals surface area contributed by atoms with Crippen LogP contribution in [0.15, 0.2) is 29.0 Å². The van der Waals surface area contributed by atoms with E-state index in [-0.39, 0.29) is 11.8 Å². The molecule has 0 bridgehead atoms. The Balaban J connectivity index is 2.15. The van der Waals surface area contributed by atoms with Crippen molar-refractivity contribution in [2.45, 2.75) is 12.5 Å². The zero-order valence-electron chi connectivity index (χ0n) is 12.4. The van der Waals surface area contributed by atoms with Gasteiger partial charge in [-0.3, -0.25) is 19.4 Å². The first-order valence-electron chi connectivity index (χ1n) is 6.51. The lowest BCUT2D eigenvalue weighted by Crippen LogP contribution is -2.35. The highest BCUT2D eigenvalue weighted by Crippen LogP contribution is 2.22. The fraction of sp³-hybridized carbons (Fsp3) is 0.286. The van der Waals surface area contributed by atoms with Gasteiger partial charge in [0, 0.05) is 26.5 Å². The number of nitrogens with one attached hydrogen (secondary N) is 3. The molecule has 1 aromatic heterocycles. The van der Waals surface area contributed by atoms with E-state index in [1.807, 2.05) is 0 Å². The van der Waals surface area contributed by atoms with Crippen LogP contribution in [0.1, 0.15) is 17.4 Å². The van der Waals surface area contributed by atoms with Gasteiger partial charge in [-0.25, -0.2) is 0 Å². The van der Waals surface area contributed by atoms with Crippen molar-refractivity contribution in [3.8, 4) is 0 Å². The van der Waals surface area contributed by atoms with E-state index in [1.165, 1.54) is 25.7 Å². The first-order valence-corrected chi connectivity index (χ1v) is 6.51. The SMILES string of the molecule is CNC(=O)c1cc(NC(=O)C2(C)C=C(N[C]=O)C=N2)cn1C. The molecule has 3 amide bonds. The summed E-state index contributed by atoms with van der Waals surface area (Å²) in [4.78, 5) is 38.4. The standard InChI is InChI=1S/C14H16N5O3/c1-14(5-10(6-17-14)16-8-20)13(22)18-9-4-11(12(21)15-2)19(3)7-9/h4-7H,1-3H3,(H,15,21)(H,16,20)(H,18,22). The van der Waals surface area contributed by atoms with E-state index in [9.17, 15) is 14.4 Å². The highest BCUT2D eigenvalue weighted by atomic mass is 16.2. The molecule has 1 aliphatic rings. The number of aryl methyl sites for hydroxylation is 1. The van der Waals surface area contributed by atoms with Crippen LogP contribution in [0.5, 0.6) is 0 Å². The van der Waals surface area contributed by atoms with E-state index in [4.69, 9.17) is 0 Å². The van der Waals surface area contributed by atoms with Gasteiger partial charge in [0.1, 0.15) is 5.69 Å². The average molecular weight is 302 g/mol. The third kappa shape index (κ3) is 2.90. The van der Waals surface area contributed by atoms with Crippen molar-refractivity contribution in [2.75, 3.05) is 12.4 Å². The lowest BCUT2D eigenvalue weighted by atomic mass is 10.0. The zero-order valence-corrected chi connectivity index (χ0v) is 12.4. The molecule has 0 spiro atoms. The quantitative estimate of drug-likeness (QED) is 0.651. The maximum absolute atomic E-state index is 12.3. The third-order valence-electron chi connectivity index (χ3n) is 3.29. The number of rotatable bonds is 5.